The van der Waals surface area contributed by atoms with Crippen LogP contribution in [0.3, 0.4) is 0 Å². The summed E-state index contributed by atoms with van der Waals surface area (Å²) in [6.07, 6.45) is 3.88. The van der Waals surface area contributed by atoms with Gasteiger partial charge in [-0.05, 0) is 24.6 Å². The molecule has 1 aromatic rings. The highest BCUT2D eigenvalue weighted by Gasteiger charge is 2.71. The van der Waals surface area contributed by atoms with E-state index in [2.05, 4.69) is 17.9 Å². The number of methoxy groups -OCH3 is 1. The molecule has 0 radical (unpaired) electrons. The van der Waals surface area contributed by atoms with Crippen LogP contribution in [0.25, 0.3) is 0 Å². The van der Waals surface area contributed by atoms with Gasteiger partial charge in [0.1, 0.15) is 12.1 Å². The van der Waals surface area contributed by atoms with Crippen molar-refractivity contribution in [2.75, 3.05) is 25.1 Å². The summed E-state index contributed by atoms with van der Waals surface area (Å²) >= 11 is 0. The number of quaternary nitrogens is 1. The van der Waals surface area contributed by atoms with Gasteiger partial charge >= 0.3 is 5.97 Å². The largest absolute Gasteiger partial charge is 0.467 e. The molecule has 1 N–H and O–H groups in total. The van der Waals surface area contributed by atoms with Crippen LogP contribution in [-0.2, 0) is 9.53 Å². The average Bonchev–Trinajstić information content (AvgIpc) is 3.16. The minimum atomic E-state index is -0.562. The van der Waals surface area contributed by atoms with Crippen LogP contribution in [0.2, 0.25) is 0 Å². The minimum absolute atomic E-state index is 0.136. The van der Waals surface area contributed by atoms with Crippen LogP contribution in [-0.4, -0.2) is 49.6 Å². The second kappa shape index (κ2) is 4.94. The summed E-state index contributed by atoms with van der Waals surface area (Å²) < 4.78 is 5.21. The van der Waals surface area contributed by atoms with Gasteiger partial charge in [0.05, 0.1) is 20.2 Å². The molecule has 1 spiro atoms. The highest BCUT2D eigenvalue weighted by molar-refractivity contribution is 6.16. The highest BCUT2D eigenvalue weighted by atomic mass is 16.5. The Morgan fingerprint density at radius 3 is 2.96 bits per heavy atom. The number of nitrogens with zero attached hydrogens (tertiary/aromatic N) is 1. The number of hydrogen-bond acceptors (Lipinski definition) is 4. The molecule has 1 aromatic carbocycles. The lowest BCUT2D eigenvalue weighted by Crippen LogP contribution is -3.17. The summed E-state index contributed by atoms with van der Waals surface area (Å²) in [5.74, 6) is 0.123. The van der Waals surface area contributed by atoms with Crippen molar-refractivity contribution < 1.29 is 19.2 Å². The molecule has 4 aliphatic heterocycles. The molecule has 4 heterocycles. The fourth-order valence-corrected chi connectivity index (χ4v) is 6.02. The van der Waals surface area contributed by atoms with Crippen molar-refractivity contribution in [3.8, 4) is 0 Å². The Morgan fingerprint density at radius 1 is 1.40 bits per heavy atom. The first-order valence-electron chi connectivity index (χ1n) is 9.14. The van der Waals surface area contributed by atoms with E-state index in [-0.39, 0.29) is 23.7 Å². The van der Waals surface area contributed by atoms with Crippen molar-refractivity contribution in [2.45, 2.75) is 37.4 Å². The number of Topliss-reactive ketones (excluding diaryl/α,β-unsaturated/α-hetero) is 1. The first kappa shape index (κ1) is 15.1. The molecule has 1 unspecified atom stereocenters. The number of piperidine rings is 2. The maximum atomic E-state index is 13.5. The molecule has 0 amide bonds. The van der Waals surface area contributed by atoms with Crippen LogP contribution in [0.1, 0.15) is 30.1 Å². The van der Waals surface area contributed by atoms with E-state index >= 15 is 0 Å². The molecular formula is C20H23N2O3+. The van der Waals surface area contributed by atoms with Crippen molar-refractivity contribution in [1.82, 2.24) is 0 Å². The minimum Gasteiger partial charge on any atom is -0.467 e. The number of rotatable bonds is 1. The first-order chi connectivity index (χ1) is 12.1. The van der Waals surface area contributed by atoms with Crippen LogP contribution < -0.4 is 9.80 Å². The lowest BCUT2D eigenvalue weighted by Gasteiger charge is -2.53. The van der Waals surface area contributed by atoms with Crippen molar-refractivity contribution in [2.24, 2.45) is 5.92 Å². The monoisotopic (exact) mass is 339 g/mol. The van der Waals surface area contributed by atoms with Gasteiger partial charge in [0.2, 0.25) is 0 Å². The maximum absolute atomic E-state index is 13.5. The number of ketones is 1. The number of anilines is 1. The zero-order chi connectivity index (χ0) is 17.3. The number of allylic oxidation sites excluding steroid dienone is 1. The summed E-state index contributed by atoms with van der Waals surface area (Å²) in [7, 11) is 1.45. The number of carbonyl (C=O) groups excluding carboxylic acids is 2. The van der Waals surface area contributed by atoms with Crippen LogP contribution in [0.4, 0.5) is 5.69 Å². The second-order valence-corrected chi connectivity index (χ2v) is 7.70. The van der Waals surface area contributed by atoms with E-state index in [4.69, 9.17) is 4.74 Å². The molecule has 3 fully saturated rings. The molecule has 5 heteroatoms. The van der Waals surface area contributed by atoms with Gasteiger partial charge in [0.15, 0.2) is 11.3 Å². The SMILES string of the molecule is C/C=C1\C[NH+]2CC[C@]34C(=O)c5ccccc5N3[C@H](C(=O)OC)[C@H]1C[C@H]24. The Bertz CT molecular complexity index is 817. The van der Waals surface area contributed by atoms with Gasteiger partial charge in [-0.1, -0.05) is 18.2 Å². The fourth-order valence-electron chi connectivity index (χ4n) is 6.02. The summed E-state index contributed by atoms with van der Waals surface area (Å²) in [6, 6.07) is 7.65. The van der Waals surface area contributed by atoms with Gasteiger partial charge in [-0.25, -0.2) is 4.79 Å². The average molecular weight is 339 g/mol. The Labute approximate surface area is 147 Å². The van der Waals surface area contributed by atoms with E-state index in [0.717, 1.165) is 37.2 Å². The van der Waals surface area contributed by atoms with E-state index in [1.807, 2.05) is 24.3 Å². The Morgan fingerprint density at radius 2 is 2.20 bits per heavy atom. The van der Waals surface area contributed by atoms with Crippen LogP contribution in [0.5, 0.6) is 0 Å². The maximum Gasteiger partial charge on any atom is 0.329 e. The third-order valence-corrected chi connectivity index (χ3v) is 7.00. The summed E-state index contributed by atoms with van der Waals surface area (Å²) in [4.78, 5) is 30.0. The van der Waals surface area contributed by atoms with Crippen LogP contribution in [0, 0.1) is 5.92 Å². The number of ether oxygens (including phenoxy) is 1. The predicted octanol–water partition coefficient (Wildman–Crippen LogP) is 0.607. The summed E-state index contributed by atoms with van der Waals surface area (Å²) in [6.45, 7) is 3.99. The summed E-state index contributed by atoms with van der Waals surface area (Å²) in [5.41, 5.74) is 2.45. The molecule has 2 bridgehead atoms. The number of fused-ring (bicyclic) bond motifs is 3. The topological polar surface area (TPSA) is 51.0 Å². The quantitative estimate of drug-likeness (QED) is 0.602. The molecule has 0 aliphatic carbocycles. The molecule has 3 saturated heterocycles. The van der Waals surface area contributed by atoms with E-state index in [9.17, 15) is 9.59 Å². The first-order valence-corrected chi connectivity index (χ1v) is 9.14. The van der Waals surface area contributed by atoms with Crippen molar-refractivity contribution in [3.05, 3.63) is 41.5 Å². The number of benzene rings is 1. The number of hydrogen-bond donors (Lipinski definition) is 1. The standard InChI is InChI=1S/C20H22N2O3/c1-3-12-11-21-9-8-20-16(21)10-14(12)17(19(24)25-2)22(20)15-7-5-4-6-13(15)18(20)23/h3-7,14,16-17H,8-11H2,1-2H3/p+1/b12-3+/t14-,16-,17-,20-/m0/s1. The van der Waals surface area contributed by atoms with Crippen LogP contribution >= 0.6 is 0 Å². The third kappa shape index (κ3) is 1.62. The van der Waals surface area contributed by atoms with Gasteiger partial charge in [0.25, 0.3) is 0 Å². The Kier molecular flexibility index (Phi) is 2.99. The van der Waals surface area contributed by atoms with Gasteiger partial charge in [-0.2, -0.15) is 0 Å². The van der Waals surface area contributed by atoms with Gasteiger partial charge in [-0.15, -0.1) is 0 Å². The molecular weight excluding hydrogens is 316 g/mol. The lowest BCUT2D eigenvalue weighted by molar-refractivity contribution is -0.914. The fraction of sp³-hybridized carbons (Fsp3) is 0.500. The molecule has 5 nitrogen and oxygen atoms in total. The second-order valence-electron chi connectivity index (χ2n) is 7.70. The number of esters is 1. The van der Waals surface area contributed by atoms with E-state index in [0.29, 0.717) is 0 Å². The normalized spacial score (nSPS) is 39.4. The highest BCUT2D eigenvalue weighted by Crippen LogP contribution is 2.52. The van der Waals surface area contributed by atoms with Gasteiger partial charge in [-0.3, -0.25) is 4.79 Å². The predicted molar refractivity (Wildman–Crippen MR) is 92.8 cm³/mol. The molecule has 5 atom stereocenters. The van der Waals surface area contributed by atoms with Crippen LogP contribution in [0.15, 0.2) is 35.9 Å². The number of nitrogens with one attached hydrogen (secondary N) is 1. The molecule has 0 saturated carbocycles. The zero-order valence-corrected chi connectivity index (χ0v) is 14.6. The lowest BCUT2D eigenvalue weighted by atomic mass is 9.69. The number of para-hydroxylation sites is 1. The van der Waals surface area contributed by atoms with Crippen molar-refractivity contribution in [3.63, 3.8) is 0 Å². The van der Waals surface area contributed by atoms with Crippen molar-refractivity contribution >= 4 is 17.4 Å². The van der Waals surface area contributed by atoms with Gasteiger partial charge in [0, 0.05) is 30.0 Å². The van der Waals surface area contributed by atoms with Gasteiger partial charge < -0.3 is 14.5 Å². The van der Waals surface area contributed by atoms with E-state index < -0.39 is 11.6 Å². The van der Waals surface area contributed by atoms with E-state index in [1.165, 1.54) is 17.6 Å². The molecule has 0 aromatic heterocycles. The smallest absolute Gasteiger partial charge is 0.329 e. The molecule has 25 heavy (non-hydrogen) atoms. The third-order valence-electron chi connectivity index (χ3n) is 7.00. The molecule has 4 aliphatic rings. The Hall–Kier alpha value is -2.14. The number of carbonyl (C=O) groups is 2. The molecule has 130 valence electrons. The Balaban J connectivity index is 1.77. The van der Waals surface area contributed by atoms with Crippen molar-refractivity contribution in [1.29, 1.82) is 0 Å². The summed E-state index contributed by atoms with van der Waals surface area (Å²) in [5, 5.41) is 0. The van der Waals surface area contributed by atoms with E-state index in [1.54, 1.807) is 0 Å². The molecule has 5 rings (SSSR count). The zero-order valence-electron chi connectivity index (χ0n) is 14.6.